The Hall–Kier alpha value is -2.30. The van der Waals surface area contributed by atoms with Crippen LogP contribution in [0.4, 0.5) is 5.82 Å². The Bertz CT molecular complexity index is 667. The van der Waals surface area contributed by atoms with Gasteiger partial charge in [-0.25, -0.2) is 4.99 Å². The van der Waals surface area contributed by atoms with Crippen molar-refractivity contribution in [2.24, 2.45) is 10.7 Å². The molecule has 0 fully saturated rings. The summed E-state index contributed by atoms with van der Waals surface area (Å²) in [5, 5.41) is 7.19. The van der Waals surface area contributed by atoms with Crippen molar-refractivity contribution in [3.05, 3.63) is 29.0 Å². The van der Waals surface area contributed by atoms with Crippen LogP contribution in [-0.4, -0.2) is 23.1 Å². The normalized spacial score (nSPS) is 11.8. The Labute approximate surface area is 118 Å². The quantitative estimate of drug-likeness (QED) is 0.666. The lowest BCUT2D eigenvalue weighted by Gasteiger charge is -2.12. The molecule has 3 N–H and O–H groups in total. The molecular weight excluding hydrogens is 252 g/mol. The molecule has 0 atom stereocenters. The Balaban J connectivity index is 2.66. The molecule has 106 valence electrons. The molecule has 0 aliphatic heterocycles. The maximum absolute atomic E-state index is 5.67. The number of aliphatic imine (C=N–C) groups is 1. The minimum atomic E-state index is 0.487. The highest BCUT2D eigenvalue weighted by Crippen LogP contribution is 2.37. The molecule has 5 heteroatoms. The van der Waals surface area contributed by atoms with Gasteiger partial charge >= 0.3 is 0 Å². The number of nitrogens with two attached hydrogens (primary N) is 1. The lowest BCUT2D eigenvalue weighted by atomic mass is 9.96. The van der Waals surface area contributed by atoms with Crippen LogP contribution in [0.3, 0.4) is 0 Å². The third-order valence-corrected chi connectivity index (χ3v) is 3.44. The van der Waals surface area contributed by atoms with Gasteiger partial charge in [-0.05, 0) is 50.5 Å². The molecular formula is C15H20N4O. The van der Waals surface area contributed by atoms with Gasteiger partial charge in [-0.3, -0.25) is 5.10 Å². The smallest absolute Gasteiger partial charge is 0.183 e. The second-order valence-corrected chi connectivity index (χ2v) is 4.87. The summed E-state index contributed by atoms with van der Waals surface area (Å²) < 4.78 is 5.35. The highest BCUT2D eigenvalue weighted by Gasteiger charge is 2.16. The van der Waals surface area contributed by atoms with E-state index in [1.807, 2.05) is 26.0 Å². The highest BCUT2D eigenvalue weighted by atomic mass is 16.5. The number of hydrogen-bond acceptors (Lipinski definition) is 3. The number of hydrogen-bond donors (Lipinski definition) is 2. The highest BCUT2D eigenvalue weighted by molar-refractivity contribution is 5.86. The van der Waals surface area contributed by atoms with Crippen LogP contribution in [0.2, 0.25) is 0 Å². The Morgan fingerprint density at radius 1 is 1.25 bits per heavy atom. The van der Waals surface area contributed by atoms with Crippen molar-refractivity contribution in [1.82, 2.24) is 10.2 Å². The van der Waals surface area contributed by atoms with Gasteiger partial charge in [-0.15, -0.1) is 0 Å². The Morgan fingerprint density at radius 3 is 2.55 bits per heavy atom. The molecule has 0 saturated heterocycles. The van der Waals surface area contributed by atoms with Crippen LogP contribution in [0.1, 0.15) is 23.7 Å². The van der Waals surface area contributed by atoms with Gasteiger partial charge in [0.2, 0.25) is 0 Å². The summed E-state index contributed by atoms with van der Waals surface area (Å²) in [5.74, 6) is 1.99. The summed E-state index contributed by atoms with van der Waals surface area (Å²) in [5.41, 5.74) is 11.0. The SMILES string of the molecule is COc1ccc(-c2c(N=C(C)N)n[nH]c2C)c(C)c1C. The number of aromatic amines is 1. The first-order valence-corrected chi connectivity index (χ1v) is 6.46. The van der Waals surface area contributed by atoms with Gasteiger partial charge in [0.25, 0.3) is 0 Å². The summed E-state index contributed by atoms with van der Waals surface area (Å²) in [4.78, 5) is 4.29. The number of aryl methyl sites for hydroxylation is 1. The standard InChI is InChI=1S/C15H20N4O/c1-8-9(2)13(20-5)7-6-12(8)14-10(3)18-19-15(14)17-11(4)16/h6-7H,1-5H3,(H3,16,17,18,19). The second-order valence-electron chi connectivity index (χ2n) is 4.87. The lowest BCUT2D eigenvalue weighted by Crippen LogP contribution is -2.04. The third kappa shape index (κ3) is 2.39. The maximum Gasteiger partial charge on any atom is 0.183 e. The van der Waals surface area contributed by atoms with E-state index in [-0.39, 0.29) is 0 Å². The molecule has 0 unspecified atom stereocenters. The number of H-pyrrole nitrogens is 1. The Kier molecular flexibility index (Phi) is 3.79. The molecule has 0 spiro atoms. The molecule has 5 nitrogen and oxygen atoms in total. The fraction of sp³-hybridized carbons (Fsp3) is 0.333. The number of aromatic nitrogens is 2. The molecule has 1 aromatic carbocycles. The molecule has 0 saturated carbocycles. The van der Waals surface area contributed by atoms with Crippen LogP contribution < -0.4 is 10.5 Å². The number of benzene rings is 1. The first-order valence-electron chi connectivity index (χ1n) is 6.46. The average Bonchev–Trinajstić information content (AvgIpc) is 2.73. The van der Waals surface area contributed by atoms with Crippen molar-refractivity contribution in [2.45, 2.75) is 27.7 Å². The van der Waals surface area contributed by atoms with Crippen LogP contribution in [0.15, 0.2) is 17.1 Å². The van der Waals surface area contributed by atoms with E-state index in [0.717, 1.165) is 33.7 Å². The third-order valence-electron chi connectivity index (χ3n) is 3.44. The van der Waals surface area contributed by atoms with E-state index in [4.69, 9.17) is 10.5 Å². The molecule has 1 heterocycles. The minimum absolute atomic E-state index is 0.487. The fourth-order valence-electron chi connectivity index (χ4n) is 2.27. The van der Waals surface area contributed by atoms with E-state index in [1.54, 1.807) is 14.0 Å². The number of ether oxygens (including phenoxy) is 1. The van der Waals surface area contributed by atoms with Crippen LogP contribution in [0.5, 0.6) is 5.75 Å². The van der Waals surface area contributed by atoms with E-state index in [2.05, 4.69) is 22.1 Å². The van der Waals surface area contributed by atoms with Crippen molar-refractivity contribution in [3.8, 4) is 16.9 Å². The molecule has 2 aromatic rings. The van der Waals surface area contributed by atoms with Crippen molar-refractivity contribution < 1.29 is 4.74 Å². The molecule has 0 bridgehead atoms. The van der Waals surface area contributed by atoms with Gasteiger partial charge in [0, 0.05) is 11.3 Å². The number of amidine groups is 1. The minimum Gasteiger partial charge on any atom is -0.496 e. The molecule has 0 aliphatic rings. The van der Waals surface area contributed by atoms with Gasteiger partial charge in [0.1, 0.15) is 5.75 Å². The average molecular weight is 272 g/mol. The van der Waals surface area contributed by atoms with E-state index in [9.17, 15) is 0 Å². The molecule has 1 aromatic heterocycles. The van der Waals surface area contributed by atoms with E-state index >= 15 is 0 Å². The number of nitrogens with one attached hydrogen (secondary N) is 1. The van der Waals surface area contributed by atoms with Crippen molar-refractivity contribution in [1.29, 1.82) is 0 Å². The van der Waals surface area contributed by atoms with Crippen LogP contribution in [-0.2, 0) is 0 Å². The van der Waals surface area contributed by atoms with Crippen LogP contribution in [0, 0.1) is 20.8 Å². The monoisotopic (exact) mass is 272 g/mol. The van der Waals surface area contributed by atoms with E-state index in [0.29, 0.717) is 11.7 Å². The van der Waals surface area contributed by atoms with Crippen molar-refractivity contribution in [3.63, 3.8) is 0 Å². The van der Waals surface area contributed by atoms with Gasteiger partial charge in [-0.1, -0.05) is 6.07 Å². The van der Waals surface area contributed by atoms with Crippen molar-refractivity contribution in [2.75, 3.05) is 7.11 Å². The predicted octanol–water partition coefficient (Wildman–Crippen LogP) is 3.02. The summed E-state index contributed by atoms with van der Waals surface area (Å²) in [7, 11) is 1.68. The molecule has 0 amide bonds. The van der Waals surface area contributed by atoms with Crippen LogP contribution in [0.25, 0.3) is 11.1 Å². The summed E-state index contributed by atoms with van der Waals surface area (Å²) in [6.45, 7) is 7.85. The first-order chi connectivity index (χ1) is 9.45. The molecule has 0 aliphatic carbocycles. The molecule has 2 rings (SSSR count). The van der Waals surface area contributed by atoms with Crippen molar-refractivity contribution >= 4 is 11.7 Å². The lowest BCUT2D eigenvalue weighted by molar-refractivity contribution is 0.411. The summed E-state index contributed by atoms with van der Waals surface area (Å²) >= 11 is 0. The maximum atomic E-state index is 5.67. The summed E-state index contributed by atoms with van der Waals surface area (Å²) in [6, 6.07) is 4.00. The van der Waals surface area contributed by atoms with Gasteiger partial charge in [-0.2, -0.15) is 5.10 Å². The van der Waals surface area contributed by atoms with Gasteiger partial charge in [0.15, 0.2) is 5.82 Å². The van der Waals surface area contributed by atoms with Gasteiger partial charge in [0.05, 0.1) is 12.9 Å². The zero-order chi connectivity index (χ0) is 14.9. The van der Waals surface area contributed by atoms with E-state index < -0.39 is 0 Å². The molecule has 0 radical (unpaired) electrons. The zero-order valence-electron chi connectivity index (χ0n) is 12.5. The first kappa shape index (κ1) is 14.1. The number of rotatable bonds is 3. The zero-order valence-corrected chi connectivity index (χ0v) is 12.5. The molecule has 20 heavy (non-hydrogen) atoms. The topological polar surface area (TPSA) is 76.3 Å². The van der Waals surface area contributed by atoms with Gasteiger partial charge < -0.3 is 10.5 Å². The second kappa shape index (κ2) is 5.36. The predicted molar refractivity (Wildman–Crippen MR) is 81.7 cm³/mol. The van der Waals surface area contributed by atoms with E-state index in [1.165, 1.54) is 0 Å². The number of nitrogens with zero attached hydrogens (tertiary/aromatic N) is 2. The summed E-state index contributed by atoms with van der Waals surface area (Å²) in [6.07, 6.45) is 0. The number of methoxy groups -OCH3 is 1. The Morgan fingerprint density at radius 2 is 1.95 bits per heavy atom. The largest absolute Gasteiger partial charge is 0.496 e. The fourth-order valence-corrected chi connectivity index (χ4v) is 2.27. The van der Waals surface area contributed by atoms with Crippen LogP contribution >= 0.6 is 0 Å².